The van der Waals surface area contributed by atoms with Crippen LogP contribution in [0, 0.1) is 0 Å². The highest BCUT2D eigenvalue weighted by Gasteiger charge is 2.37. The van der Waals surface area contributed by atoms with Gasteiger partial charge in [-0.05, 0) is 36.4 Å². The summed E-state index contributed by atoms with van der Waals surface area (Å²) in [5, 5.41) is 5.17. The van der Waals surface area contributed by atoms with E-state index in [0.29, 0.717) is 12.1 Å². The van der Waals surface area contributed by atoms with Gasteiger partial charge in [0.15, 0.2) is 6.17 Å². The van der Waals surface area contributed by atoms with Crippen LogP contribution in [0.2, 0.25) is 5.02 Å². The number of fused-ring (bicyclic) bond motifs is 1. The van der Waals surface area contributed by atoms with Crippen LogP contribution in [0.1, 0.15) is 5.56 Å². The lowest BCUT2D eigenvalue weighted by molar-refractivity contribution is -0.137. The first-order valence-corrected chi connectivity index (χ1v) is 9.52. The molecule has 1 atom stereocenters. The average Bonchev–Trinajstić information content (AvgIpc) is 2.60. The number of rotatable bonds is 3. The Bertz CT molecular complexity index is 1040. The number of anilines is 2. The van der Waals surface area contributed by atoms with Crippen LogP contribution >= 0.6 is 11.6 Å². The maximum Gasteiger partial charge on any atom is 0.416 e. The second-order valence-corrected chi connectivity index (χ2v) is 7.86. The number of hydrogen-bond donors (Lipinski definition) is 3. The molecule has 3 N–H and O–H groups in total. The Morgan fingerprint density at radius 1 is 1.21 bits per heavy atom. The van der Waals surface area contributed by atoms with Gasteiger partial charge in [0.2, 0.25) is 10.0 Å². The molecule has 12 heteroatoms. The van der Waals surface area contributed by atoms with Gasteiger partial charge in [-0.25, -0.2) is 8.42 Å². The molecule has 150 valence electrons. The third-order valence-electron chi connectivity index (χ3n) is 3.85. The second kappa shape index (κ2) is 7.15. The third kappa shape index (κ3) is 4.01. The number of amides is 1. The van der Waals surface area contributed by atoms with Gasteiger partial charge in [0.05, 0.1) is 24.0 Å². The van der Waals surface area contributed by atoms with Gasteiger partial charge >= 0.3 is 6.18 Å². The number of methoxy groups -OCH3 is 1. The third-order valence-corrected chi connectivity index (χ3v) is 5.57. The molecule has 1 heterocycles. The van der Waals surface area contributed by atoms with Crippen molar-refractivity contribution in [2.75, 3.05) is 17.7 Å². The van der Waals surface area contributed by atoms with Crippen LogP contribution in [0.25, 0.3) is 0 Å². The lowest BCUT2D eigenvalue weighted by Crippen LogP contribution is -2.51. The number of ether oxygens (including phenoxy) is 1. The highest BCUT2D eigenvalue weighted by atomic mass is 35.5. The maximum atomic E-state index is 12.9. The number of nitrogens with one attached hydrogen (secondary N) is 3. The Labute approximate surface area is 162 Å². The first kappa shape index (κ1) is 20.2. The van der Waals surface area contributed by atoms with E-state index in [0.717, 1.165) is 6.07 Å². The van der Waals surface area contributed by atoms with Crippen LogP contribution in [0.4, 0.5) is 24.5 Å². The van der Waals surface area contributed by atoms with Crippen molar-refractivity contribution in [3.8, 4) is 5.75 Å². The van der Waals surface area contributed by atoms with Gasteiger partial charge in [0, 0.05) is 5.02 Å². The molecule has 0 fully saturated rings. The topological polar surface area (TPSA) is 96.5 Å². The van der Waals surface area contributed by atoms with Gasteiger partial charge in [-0.2, -0.15) is 17.9 Å². The zero-order chi connectivity index (χ0) is 20.7. The van der Waals surface area contributed by atoms with Crippen LogP contribution < -0.4 is 20.1 Å². The average molecular weight is 436 g/mol. The van der Waals surface area contributed by atoms with Crippen molar-refractivity contribution in [3.63, 3.8) is 0 Å². The predicted molar refractivity (Wildman–Crippen MR) is 95.8 cm³/mol. The van der Waals surface area contributed by atoms with Crippen LogP contribution in [0.3, 0.4) is 0 Å². The van der Waals surface area contributed by atoms with E-state index in [1.807, 2.05) is 0 Å². The Morgan fingerprint density at radius 3 is 2.57 bits per heavy atom. The van der Waals surface area contributed by atoms with E-state index in [2.05, 4.69) is 15.4 Å². The smallest absolute Gasteiger partial charge is 0.416 e. The van der Waals surface area contributed by atoms with Crippen molar-refractivity contribution < 1.29 is 31.1 Å². The summed E-state index contributed by atoms with van der Waals surface area (Å²) < 4.78 is 70.5. The molecule has 28 heavy (non-hydrogen) atoms. The molecule has 0 saturated heterocycles. The largest absolute Gasteiger partial charge is 0.495 e. The minimum absolute atomic E-state index is 0.163. The molecule has 3 rings (SSSR count). The van der Waals surface area contributed by atoms with Crippen molar-refractivity contribution >= 4 is 38.9 Å². The normalized spacial score (nSPS) is 18.0. The molecule has 1 amide bonds. The second-order valence-electron chi connectivity index (χ2n) is 5.74. The van der Waals surface area contributed by atoms with Crippen LogP contribution in [-0.4, -0.2) is 27.6 Å². The molecule has 0 aliphatic carbocycles. The number of halogens is 4. The number of hydrogen-bond acceptors (Lipinski definition) is 5. The summed E-state index contributed by atoms with van der Waals surface area (Å²) in [6, 6.07) is 6.49. The summed E-state index contributed by atoms with van der Waals surface area (Å²) in [5.41, 5.74) is -1.23. The van der Waals surface area contributed by atoms with Crippen LogP contribution in [0.15, 0.2) is 41.3 Å². The number of carbonyl (C=O) groups excluding carboxylic acids is 1. The molecular formula is C16H13ClF3N3O4S. The highest BCUT2D eigenvalue weighted by molar-refractivity contribution is 7.89. The summed E-state index contributed by atoms with van der Waals surface area (Å²) >= 11 is 5.87. The molecule has 0 spiro atoms. The van der Waals surface area contributed by atoms with Crippen molar-refractivity contribution in [1.82, 2.24) is 4.72 Å². The molecule has 0 unspecified atom stereocenters. The zero-order valence-corrected chi connectivity index (χ0v) is 15.7. The van der Waals surface area contributed by atoms with E-state index < -0.39 is 38.7 Å². The SMILES string of the molecule is COc1ccc(Cl)cc1NC(=O)[C@@H]1Nc2cc(C(F)(F)F)ccc2S(=O)(=O)N1. The van der Waals surface area contributed by atoms with Crippen LogP contribution in [-0.2, 0) is 21.0 Å². The molecule has 1 aliphatic rings. The van der Waals surface area contributed by atoms with E-state index in [1.165, 1.54) is 25.3 Å². The summed E-state index contributed by atoms with van der Waals surface area (Å²) in [6.07, 6.45) is -6.22. The molecule has 7 nitrogen and oxygen atoms in total. The number of sulfonamides is 1. The molecule has 2 aromatic rings. The minimum Gasteiger partial charge on any atom is -0.495 e. The van der Waals surface area contributed by atoms with E-state index in [-0.39, 0.29) is 22.1 Å². The van der Waals surface area contributed by atoms with E-state index >= 15 is 0 Å². The standard InChI is InChI=1S/C16H13ClF3N3O4S/c1-27-12-4-3-9(17)7-10(12)22-15(24)14-21-11-6-8(16(18,19)20)2-5-13(11)28(25,26)23-14/h2-7,14,21,23H,1H3,(H,22,24)/t14-/m1/s1. The van der Waals surface area contributed by atoms with Gasteiger partial charge in [0.25, 0.3) is 5.91 Å². The molecule has 1 aliphatic heterocycles. The van der Waals surface area contributed by atoms with Crippen molar-refractivity contribution in [2.45, 2.75) is 17.2 Å². The van der Waals surface area contributed by atoms with Gasteiger partial charge in [-0.3, -0.25) is 4.79 Å². The molecule has 0 bridgehead atoms. The molecular weight excluding hydrogens is 423 g/mol. The molecule has 0 saturated carbocycles. The van der Waals surface area contributed by atoms with E-state index in [9.17, 15) is 26.4 Å². The first-order valence-electron chi connectivity index (χ1n) is 7.66. The van der Waals surface area contributed by atoms with Gasteiger partial charge < -0.3 is 15.4 Å². The van der Waals surface area contributed by atoms with Crippen molar-refractivity contribution in [2.24, 2.45) is 0 Å². The fourth-order valence-corrected chi connectivity index (χ4v) is 3.99. The molecule has 0 aromatic heterocycles. The van der Waals surface area contributed by atoms with Gasteiger partial charge in [0.1, 0.15) is 10.6 Å². The lowest BCUT2D eigenvalue weighted by Gasteiger charge is -2.28. The Hall–Kier alpha value is -2.50. The quantitative estimate of drug-likeness (QED) is 0.688. The summed E-state index contributed by atoms with van der Waals surface area (Å²) in [4.78, 5) is 12.1. The van der Waals surface area contributed by atoms with E-state index in [4.69, 9.17) is 16.3 Å². The minimum atomic E-state index is -4.67. The number of alkyl halides is 3. The fraction of sp³-hybridized carbons (Fsp3) is 0.188. The monoisotopic (exact) mass is 435 g/mol. The Kier molecular flexibility index (Phi) is 5.17. The zero-order valence-electron chi connectivity index (χ0n) is 14.1. The summed E-state index contributed by atoms with van der Waals surface area (Å²) in [6.45, 7) is 0. The molecule has 0 radical (unpaired) electrons. The Balaban J connectivity index is 1.91. The summed E-state index contributed by atoms with van der Waals surface area (Å²) in [5.74, 6) is -0.608. The van der Waals surface area contributed by atoms with Crippen molar-refractivity contribution in [1.29, 1.82) is 0 Å². The first-order chi connectivity index (χ1) is 13.0. The maximum absolute atomic E-state index is 12.9. The predicted octanol–water partition coefficient (Wildman–Crippen LogP) is 3.04. The molecule has 2 aromatic carbocycles. The Morgan fingerprint density at radius 2 is 1.93 bits per heavy atom. The van der Waals surface area contributed by atoms with Gasteiger partial charge in [-0.15, -0.1) is 0 Å². The van der Waals surface area contributed by atoms with Gasteiger partial charge in [-0.1, -0.05) is 11.6 Å². The summed E-state index contributed by atoms with van der Waals surface area (Å²) in [7, 11) is -2.86. The lowest BCUT2D eigenvalue weighted by atomic mass is 10.2. The van der Waals surface area contributed by atoms with E-state index in [1.54, 1.807) is 0 Å². The van der Waals surface area contributed by atoms with Crippen LogP contribution in [0.5, 0.6) is 5.75 Å². The fourth-order valence-electron chi connectivity index (χ4n) is 2.56. The highest BCUT2D eigenvalue weighted by Crippen LogP contribution is 2.35. The van der Waals surface area contributed by atoms with Crippen molar-refractivity contribution in [3.05, 3.63) is 47.0 Å². The number of benzene rings is 2. The number of carbonyl (C=O) groups is 1.